The largest absolute Gasteiger partial charge is 0.508 e. The normalized spacial score (nSPS) is 10.7. The van der Waals surface area contributed by atoms with Crippen LogP contribution in [0, 0.1) is 5.82 Å². The number of benzene rings is 1. The summed E-state index contributed by atoms with van der Waals surface area (Å²) >= 11 is 0. The molecule has 2 aromatic rings. The Bertz CT molecular complexity index is 467. The zero-order chi connectivity index (χ0) is 12.8. The lowest BCUT2D eigenvalue weighted by molar-refractivity contribution is 0.467. The van der Waals surface area contributed by atoms with E-state index in [2.05, 4.69) is 20.5 Å². The molecular weight excluding hydrogens is 235 g/mol. The molecule has 0 saturated heterocycles. The van der Waals surface area contributed by atoms with Crippen molar-refractivity contribution in [1.29, 1.82) is 0 Å². The molecule has 6 heteroatoms. The Kier molecular flexibility index (Phi) is 4.25. The third kappa shape index (κ3) is 3.81. The van der Waals surface area contributed by atoms with Crippen molar-refractivity contribution in [3.05, 3.63) is 41.7 Å². The lowest BCUT2D eigenvalue weighted by Crippen LogP contribution is -2.15. The predicted molar refractivity (Wildman–Crippen MR) is 64.5 cm³/mol. The second-order valence-electron chi connectivity index (χ2n) is 4.03. The Hall–Kier alpha value is -1.95. The molecule has 1 heterocycles. The number of halogens is 1. The van der Waals surface area contributed by atoms with Gasteiger partial charge in [0.1, 0.15) is 23.7 Å². The minimum Gasteiger partial charge on any atom is -0.508 e. The van der Waals surface area contributed by atoms with Crippen LogP contribution in [0.15, 0.2) is 24.5 Å². The first-order valence-corrected chi connectivity index (χ1v) is 5.77. The number of hydrogen-bond acceptors (Lipinski definition) is 4. The van der Waals surface area contributed by atoms with Crippen LogP contribution in [0.3, 0.4) is 0 Å². The summed E-state index contributed by atoms with van der Waals surface area (Å²) < 4.78 is 13.0. The zero-order valence-electron chi connectivity index (χ0n) is 9.86. The van der Waals surface area contributed by atoms with Crippen molar-refractivity contribution in [2.24, 2.45) is 0 Å². The van der Waals surface area contributed by atoms with Gasteiger partial charge in [0.2, 0.25) is 0 Å². The van der Waals surface area contributed by atoms with Crippen molar-refractivity contribution in [2.45, 2.75) is 19.4 Å². The number of phenolic OH excluding ortho intramolecular Hbond substituents is 1. The highest BCUT2D eigenvalue weighted by molar-refractivity contribution is 5.28. The summed E-state index contributed by atoms with van der Waals surface area (Å²) in [5, 5.41) is 19.0. The molecule has 0 atom stereocenters. The summed E-state index contributed by atoms with van der Waals surface area (Å²) in [5.74, 6) is 0.391. The fourth-order valence-electron chi connectivity index (χ4n) is 1.70. The third-order valence-corrected chi connectivity index (χ3v) is 2.50. The number of phenols is 1. The van der Waals surface area contributed by atoms with Gasteiger partial charge < -0.3 is 10.4 Å². The summed E-state index contributed by atoms with van der Waals surface area (Å²) in [5.41, 5.74) is 0.729. The van der Waals surface area contributed by atoms with Gasteiger partial charge in [-0.1, -0.05) is 0 Å². The average Bonchev–Trinajstić information content (AvgIpc) is 2.80. The number of aromatic nitrogens is 3. The molecule has 0 radical (unpaired) electrons. The van der Waals surface area contributed by atoms with Gasteiger partial charge in [-0.3, -0.25) is 5.10 Å². The molecule has 0 amide bonds. The molecule has 2 rings (SSSR count). The van der Waals surface area contributed by atoms with Gasteiger partial charge in [-0.15, -0.1) is 0 Å². The van der Waals surface area contributed by atoms with E-state index >= 15 is 0 Å². The highest BCUT2D eigenvalue weighted by atomic mass is 19.1. The smallest absolute Gasteiger partial charge is 0.137 e. The van der Waals surface area contributed by atoms with E-state index in [9.17, 15) is 9.50 Å². The van der Waals surface area contributed by atoms with Gasteiger partial charge in [0.05, 0.1) is 0 Å². The van der Waals surface area contributed by atoms with Crippen LogP contribution >= 0.6 is 0 Å². The van der Waals surface area contributed by atoms with Crippen molar-refractivity contribution >= 4 is 0 Å². The zero-order valence-corrected chi connectivity index (χ0v) is 9.86. The number of hydrogen-bond donors (Lipinski definition) is 3. The molecule has 1 aromatic heterocycles. The SMILES string of the molecule is Oc1cc(F)cc(CNCCCc2ncn[nH]2)c1. The molecule has 18 heavy (non-hydrogen) atoms. The second-order valence-corrected chi connectivity index (χ2v) is 4.03. The lowest BCUT2D eigenvalue weighted by atomic mass is 10.2. The molecule has 96 valence electrons. The molecule has 0 aliphatic rings. The molecule has 3 N–H and O–H groups in total. The fraction of sp³-hybridized carbons (Fsp3) is 0.333. The highest BCUT2D eigenvalue weighted by Gasteiger charge is 2.00. The van der Waals surface area contributed by atoms with Crippen molar-refractivity contribution in [3.8, 4) is 5.75 Å². The molecule has 5 nitrogen and oxygen atoms in total. The van der Waals surface area contributed by atoms with Gasteiger partial charge in [0.25, 0.3) is 0 Å². The van der Waals surface area contributed by atoms with Gasteiger partial charge in [-0.25, -0.2) is 9.37 Å². The van der Waals surface area contributed by atoms with Crippen LogP contribution in [0.5, 0.6) is 5.75 Å². The van der Waals surface area contributed by atoms with E-state index in [-0.39, 0.29) is 5.75 Å². The van der Waals surface area contributed by atoms with Crippen LogP contribution in [-0.2, 0) is 13.0 Å². The number of nitrogens with zero attached hydrogens (tertiary/aromatic N) is 2. The molecule has 0 unspecified atom stereocenters. The third-order valence-electron chi connectivity index (χ3n) is 2.50. The average molecular weight is 250 g/mol. The summed E-state index contributed by atoms with van der Waals surface area (Å²) in [6.45, 7) is 1.32. The number of aryl methyl sites for hydroxylation is 1. The minimum atomic E-state index is -0.423. The standard InChI is InChI=1S/C12H15FN4O/c13-10-4-9(5-11(18)6-10)7-14-3-1-2-12-15-8-16-17-12/h4-6,8,14,18H,1-3,7H2,(H,15,16,17). The molecule has 0 aliphatic carbocycles. The van der Waals surface area contributed by atoms with E-state index in [4.69, 9.17) is 0 Å². The Morgan fingerprint density at radius 1 is 1.33 bits per heavy atom. The summed E-state index contributed by atoms with van der Waals surface area (Å²) in [4.78, 5) is 4.02. The number of nitrogens with one attached hydrogen (secondary N) is 2. The van der Waals surface area contributed by atoms with Crippen molar-refractivity contribution in [1.82, 2.24) is 20.5 Å². The molecule has 1 aromatic carbocycles. The van der Waals surface area contributed by atoms with E-state index in [1.54, 1.807) is 6.07 Å². The Balaban J connectivity index is 1.68. The first-order chi connectivity index (χ1) is 8.74. The molecule has 0 saturated carbocycles. The summed E-state index contributed by atoms with van der Waals surface area (Å²) in [6.07, 6.45) is 3.22. The van der Waals surface area contributed by atoms with Gasteiger partial charge in [-0.05, 0) is 30.7 Å². The molecule has 0 bridgehead atoms. The second kappa shape index (κ2) is 6.11. The summed E-state index contributed by atoms with van der Waals surface area (Å²) in [6, 6.07) is 4.04. The van der Waals surface area contributed by atoms with Gasteiger partial charge in [0.15, 0.2) is 0 Å². The van der Waals surface area contributed by atoms with Crippen molar-refractivity contribution < 1.29 is 9.50 Å². The van der Waals surface area contributed by atoms with Crippen LogP contribution in [-0.4, -0.2) is 26.8 Å². The highest BCUT2D eigenvalue weighted by Crippen LogP contribution is 2.14. The maximum Gasteiger partial charge on any atom is 0.137 e. The first-order valence-electron chi connectivity index (χ1n) is 5.77. The molecule has 0 spiro atoms. The number of H-pyrrole nitrogens is 1. The van der Waals surface area contributed by atoms with Crippen molar-refractivity contribution in [3.63, 3.8) is 0 Å². The molecule has 0 aliphatic heterocycles. The maximum absolute atomic E-state index is 13.0. The quantitative estimate of drug-likeness (QED) is 0.677. The summed E-state index contributed by atoms with van der Waals surface area (Å²) in [7, 11) is 0. The lowest BCUT2D eigenvalue weighted by Gasteiger charge is -2.05. The van der Waals surface area contributed by atoms with Crippen LogP contribution < -0.4 is 5.32 Å². The van der Waals surface area contributed by atoms with Crippen LogP contribution in [0.1, 0.15) is 17.8 Å². The Morgan fingerprint density at radius 2 is 2.22 bits per heavy atom. The van der Waals surface area contributed by atoms with Gasteiger partial charge in [0, 0.05) is 19.0 Å². The maximum atomic E-state index is 13.0. The first kappa shape index (κ1) is 12.5. The molecular formula is C12H15FN4O. The number of aromatic amines is 1. The van der Waals surface area contributed by atoms with Gasteiger partial charge in [-0.2, -0.15) is 5.10 Å². The van der Waals surface area contributed by atoms with Crippen LogP contribution in [0.4, 0.5) is 4.39 Å². The van der Waals surface area contributed by atoms with E-state index in [1.807, 2.05) is 0 Å². The Labute approximate surface area is 104 Å². The van der Waals surface area contributed by atoms with Crippen molar-refractivity contribution in [2.75, 3.05) is 6.54 Å². The van der Waals surface area contributed by atoms with E-state index in [1.165, 1.54) is 12.4 Å². The number of aromatic hydroxyl groups is 1. The topological polar surface area (TPSA) is 73.8 Å². The minimum absolute atomic E-state index is 0.0477. The predicted octanol–water partition coefficient (Wildman–Crippen LogP) is 1.37. The van der Waals surface area contributed by atoms with E-state index in [0.29, 0.717) is 6.54 Å². The van der Waals surface area contributed by atoms with Gasteiger partial charge >= 0.3 is 0 Å². The van der Waals surface area contributed by atoms with E-state index in [0.717, 1.165) is 36.8 Å². The monoisotopic (exact) mass is 250 g/mol. The number of rotatable bonds is 6. The molecule has 0 fully saturated rings. The van der Waals surface area contributed by atoms with E-state index < -0.39 is 5.82 Å². The Morgan fingerprint density at radius 3 is 2.94 bits per heavy atom. The van der Waals surface area contributed by atoms with Crippen LogP contribution in [0.25, 0.3) is 0 Å². The fourth-order valence-corrected chi connectivity index (χ4v) is 1.70. The van der Waals surface area contributed by atoms with Crippen LogP contribution in [0.2, 0.25) is 0 Å².